The van der Waals surface area contributed by atoms with Gasteiger partial charge in [0.1, 0.15) is 11.9 Å². The van der Waals surface area contributed by atoms with Crippen LogP contribution in [0.5, 0.6) is 0 Å². The topological polar surface area (TPSA) is 57.4 Å². The fraction of sp³-hybridized carbons (Fsp3) is 0.467. The van der Waals surface area contributed by atoms with Crippen LogP contribution in [-0.2, 0) is 4.79 Å². The van der Waals surface area contributed by atoms with E-state index < -0.39 is 5.41 Å². The number of pyridine rings is 1. The van der Waals surface area contributed by atoms with Crippen LogP contribution >= 0.6 is 11.8 Å². The molecular weight excluding hydrogens is 284 g/mol. The van der Waals surface area contributed by atoms with Gasteiger partial charge in [0, 0.05) is 18.0 Å². The maximum absolute atomic E-state index is 12.4. The van der Waals surface area contributed by atoms with Crippen molar-refractivity contribution in [3.05, 3.63) is 24.5 Å². The molecule has 1 aromatic rings. The summed E-state index contributed by atoms with van der Waals surface area (Å²) >= 11 is 1.67. The zero-order valence-corrected chi connectivity index (χ0v) is 13.6. The third kappa shape index (κ3) is 3.69. The minimum atomic E-state index is -0.394. The Kier molecular flexibility index (Phi) is 4.77. The van der Waals surface area contributed by atoms with Crippen LogP contribution in [0.4, 0.5) is 5.69 Å². The number of nitrogens with zero attached hydrogens (tertiary/aromatic N) is 3. The molecule has 0 saturated carbocycles. The molecule has 1 amide bonds. The lowest BCUT2D eigenvalue weighted by Gasteiger charge is -2.23. The fourth-order valence-electron chi connectivity index (χ4n) is 2.05. The van der Waals surface area contributed by atoms with Crippen molar-refractivity contribution in [1.29, 1.82) is 0 Å². The quantitative estimate of drug-likeness (QED) is 0.847. The summed E-state index contributed by atoms with van der Waals surface area (Å²) in [7, 11) is 0. The van der Waals surface area contributed by atoms with Crippen LogP contribution in [0.3, 0.4) is 0 Å². The highest BCUT2D eigenvalue weighted by atomic mass is 32.2. The Labute approximate surface area is 129 Å². The predicted molar refractivity (Wildman–Crippen MR) is 87.4 cm³/mol. The van der Waals surface area contributed by atoms with Gasteiger partial charge in [-0.05, 0) is 24.3 Å². The van der Waals surface area contributed by atoms with Gasteiger partial charge in [-0.2, -0.15) is 11.8 Å². The Balaban J connectivity index is 2.11. The summed E-state index contributed by atoms with van der Waals surface area (Å²) in [5.74, 6) is 0.828. The monoisotopic (exact) mass is 305 g/mol. The molecule has 0 aliphatic carbocycles. The molecular formula is C15H21N4OS+. The maximum atomic E-state index is 12.4. The Morgan fingerprint density at radius 1 is 1.52 bits per heavy atom. The lowest BCUT2D eigenvalue weighted by atomic mass is 9.94. The Hall–Kier alpha value is -1.69. The molecule has 1 aliphatic rings. The molecule has 0 saturated heterocycles. The number of thioether (sulfide) groups is 1. The summed E-state index contributed by atoms with van der Waals surface area (Å²) in [5.41, 5.74) is 1.36. The zero-order chi connectivity index (χ0) is 15.5. The van der Waals surface area contributed by atoms with E-state index in [-0.39, 0.29) is 11.9 Å². The van der Waals surface area contributed by atoms with Gasteiger partial charge in [-0.1, -0.05) is 18.5 Å². The normalized spacial score (nSPS) is 18.2. The van der Waals surface area contributed by atoms with Crippen molar-refractivity contribution in [3.8, 4) is 0 Å². The van der Waals surface area contributed by atoms with E-state index in [1.54, 1.807) is 28.8 Å². The summed E-state index contributed by atoms with van der Waals surface area (Å²) in [5, 5.41) is 7.51. The van der Waals surface area contributed by atoms with E-state index >= 15 is 0 Å². The molecule has 2 rings (SSSR count). The van der Waals surface area contributed by atoms with Gasteiger partial charge in [-0.25, -0.2) is 0 Å². The highest BCUT2D eigenvalue weighted by Crippen LogP contribution is 2.21. The van der Waals surface area contributed by atoms with E-state index in [0.29, 0.717) is 0 Å². The first-order chi connectivity index (χ1) is 9.94. The second-order valence-electron chi connectivity index (χ2n) is 5.71. The largest absolute Gasteiger partial charge is 0.338 e. The second-order valence-corrected chi connectivity index (χ2v) is 6.58. The lowest BCUT2D eigenvalue weighted by Crippen LogP contribution is -2.46. The molecule has 112 valence electrons. The molecule has 0 aromatic carbocycles. The van der Waals surface area contributed by atoms with E-state index in [2.05, 4.69) is 15.4 Å². The third-order valence-electron chi connectivity index (χ3n) is 3.32. The standard InChI is InChI=1S/C15H20N4OS/c1-11-13(17-14(20)15(2,3)10-21-4)9-19(18-11)12-6-5-7-16-8-12/h5-9,13H,10H2,1-4H3/p+1. The van der Waals surface area contributed by atoms with Crippen LogP contribution in [0.25, 0.3) is 0 Å². The number of nitrogens with one attached hydrogen (secondary N) is 1. The average Bonchev–Trinajstić information content (AvgIpc) is 2.81. The van der Waals surface area contributed by atoms with Gasteiger partial charge in [-0.3, -0.25) is 9.78 Å². The number of hydrogen-bond acceptors (Lipinski definition) is 4. The minimum Gasteiger partial charge on any atom is -0.338 e. The number of hydrogen-bond donors (Lipinski definition) is 1. The molecule has 0 spiro atoms. The molecule has 1 aliphatic heterocycles. The second kappa shape index (κ2) is 6.39. The minimum absolute atomic E-state index is 0.0423. The van der Waals surface area contributed by atoms with Crippen molar-refractivity contribution in [2.24, 2.45) is 10.5 Å². The maximum Gasteiger partial charge on any atom is 0.255 e. The van der Waals surface area contributed by atoms with E-state index in [0.717, 1.165) is 17.2 Å². The molecule has 0 fully saturated rings. The van der Waals surface area contributed by atoms with Gasteiger partial charge >= 0.3 is 0 Å². The molecule has 2 heterocycles. The molecule has 21 heavy (non-hydrogen) atoms. The van der Waals surface area contributed by atoms with E-state index in [1.807, 2.05) is 45.4 Å². The van der Waals surface area contributed by atoms with Crippen molar-refractivity contribution in [2.45, 2.75) is 26.8 Å². The molecule has 6 heteroatoms. The van der Waals surface area contributed by atoms with Gasteiger partial charge in [0.15, 0.2) is 6.04 Å². The number of amides is 1. The average molecular weight is 305 g/mol. The first-order valence-corrected chi connectivity index (χ1v) is 8.22. The van der Waals surface area contributed by atoms with Crippen molar-refractivity contribution in [1.82, 2.24) is 10.3 Å². The van der Waals surface area contributed by atoms with Crippen molar-refractivity contribution in [3.63, 3.8) is 0 Å². The SMILES string of the molecule is CSCC(C)(C)C(=O)NC1C=[N+](c2cccnc2)N=C1C. The predicted octanol–water partition coefficient (Wildman–Crippen LogP) is 2.06. The highest BCUT2D eigenvalue weighted by Gasteiger charge is 2.33. The molecule has 1 aromatic heterocycles. The van der Waals surface area contributed by atoms with Crippen molar-refractivity contribution >= 4 is 35.3 Å². The summed E-state index contributed by atoms with van der Waals surface area (Å²) < 4.78 is 1.76. The van der Waals surface area contributed by atoms with E-state index in [9.17, 15) is 4.79 Å². The summed E-state index contributed by atoms with van der Waals surface area (Å²) in [4.78, 5) is 16.5. The van der Waals surface area contributed by atoms with Crippen LogP contribution in [0, 0.1) is 5.41 Å². The van der Waals surface area contributed by atoms with E-state index in [1.165, 1.54) is 0 Å². The number of carbonyl (C=O) groups is 1. The van der Waals surface area contributed by atoms with Crippen LogP contribution in [0.2, 0.25) is 0 Å². The Bertz CT molecular complexity index is 581. The van der Waals surface area contributed by atoms with Crippen LogP contribution in [-0.4, -0.2) is 45.6 Å². The number of carbonyl (C=O) groups excluding carboxylic acids is 1. The number of hydrazone groups is 1. The van der Waals surface area contributed by atoms with Crippen LogP contribution in [0.15, 0.2) is 29.6 Å². The molecule has 1 N–H and O–H groups in total. The molecule has 5 nitrogen and oxygen atoms in total. The van der Waals surface area contributed by atoms with Crippen LogP contribution in [0.1, 0.15) is 20.8 Å². The van der Waals surface area contributed by atoms with E-state index in [4.69, 9.17) is 0 Å². The van der Waals surface area contributed by atoms with Gasteiger partial charge in [0.2, 0.25) is 12.1 Å². The zero-order valence-electron chi connectivity index (χ0n) is 12.8. The van der Waals surface area contributed by atoms with Crippen molar-refractivity contribution < 1.29 is 9.48 Å². The third-order valence-corrected chi connectivity index (χ3v) is 4.33. The van der Waals surface area contributed by atoms with Gasteiger partial charge < -0.3 is 5.32 Å². The lowest BCUT2D eigenvalue weighted by molar-refractivity contribution is -0.437. The van der Waals surface area contributed by atoms with Gasteiger partial charge in [-0.15, -0.1) is 0 Å². The molecule has 1 atom stereocenters. The molecule has 0 radical (unpaired) electrons. The number of aromatic nitrogens is 1. The van der Waals surface area contributed by atoms with Crippen molar-refractivity contribution in [2.75, 3.05) is 12.0 Å². The smallest absolute Gasteiger partial charge is 0.255 e. The van der Waals surface area contributed by atoms with Gasteiger partial charge in [0.05, 0.1) is 5.41 Å². The van der Waals surface area contributed by atoms with Gasteiger partial charge in [0.25, 0.3) is 5.69 Å². The molecule has 0 bridgehead atoms. The van der Waals surface area contributed by atoms with Crippen LogP contribution < -0.4 is 5.32 Å². The summed E-state index contributed by atoms with van der Waals surface area (Å²) in [6.45, 7) is 5.83. The first-order valence-electron chi connectivity index (χ1n) is 6.83. The highest BCUT2D eigenvalue weighted by molar-refractivity contribution is 7.98. The Morgan fingerprint density at radius 3 is 2.90 bits per heavy atom. The first kappa shape index (κ1) is 15.7. The summed E-state index contributed by atoms with van der Waals surface area (Å²) in [6, 6.07) is 3.63. The molecule has 1 unspecified atom stereocenters. The fourth-order valence-corrected chi connectivity index (χ4v) is 2.91. The number of rotatable bonds is 5. The summed E-state index contributed by atoms with van der Waals surface area (Å²) in [6.07, 6.45) is 7.38. The Morgan fingerprint density at radius 2 is 2.29 bits per heavy atom.